The Morgan fingerprint density at radius 3 is 2.30 bits per heavy atom. The number of hydrogen-bond acceptors (Lipinski definition) is 1. The molecule has 0 saturated heterocycles. The Balaban J connectivity index is 0.000000371. The summed E-state index contributed by atoms with van der Waals surface area (Å²) in [5.41, 5.74) is 0.868. The molecule has 1 aliphatic carbocycles. The predicted molar refractivity (Wildman–Crippen MR) is 43.9 cm³/mol. The van der Waals surface area contributed by atoms with Crippen molar-refractivity contribution in [3.05, 3.63) is 23.8 Å². The van der Waals surface area contributed by atoms with E-state index >= 15 is 0 Å². The minimum atomic E-state index is 0.149. The number of allylic oxidation sites excluding steroid dienone is 4. The summed E-state index contributed by atoms with van der Waals surface area (Å²) in [4.78, 5) is 10.6. The molecule has 0 saturated carbocycles. The van der Waals surface area contributed by atoms with Crippen molar-refractivity contribution >= 4 is 5.78 Å². The highest BCUT2D eigenvalue weighted by molar-refractivity contribution is 6.04. The maximum absolute atomic E-state index is 10.6. The van der Waals surface area contributed by atoms with Crippen molar-refractivity contribution in [1.29, 1.82) is 0 Å². The van der Waals surface area contributed by atoms with E-state index in [0.29, 0.717) is 0 Å². The van der Waals surface area contributed by atoms with Gasteiger partial charge in [0.15, 0.2) is 5.78 Å². The van der Waals surface area contributed by atoms with E-state index in [-0.39, 0.29) is 5.78 Å². The van der Waals surface area contributed by atoms with Crippen LogP contribution >= 0.6 is 0 Å². The molecule has 0 unspecified atom stereocenters. The van der Waals surface area contributed by atoms with E-state index in [2.05, 4.69) is 0 Å². The van der Waals surface area contributed by atoms with E-state index in [1.165, 1.54) is 0 Å². The van der Waals surface area contributed by atoms with E-state index in [0.717, 1.165) is 12.0 Å². The van der Waals surface area contributed by atoms with Crippen LogP contribution in [0.15, 0.2) is 23.8 Å². The summed E-state index contributed by atoms with van der Waals surface area (Å²) in [5, 5.41) is 0. The summed E-state index contributed by atoms with van der Waals surface area (Å²) in [6.45, 7) is 5.84. The molecular formula is C9H14O. The highest BCUT2D eigenvalue weighted by Gasteiger charge is 2.00. The lowest BCUT2D eigenvalue weighted by molar-refractivity contribution is -0.111. The molecule has 0 fully saturated rings. The van der Waals surface area contributed by atoms with Crippen molar-refractivity contribution in [2.24, 2.45) is 0 Å². The third kappa shape index (κ3) is 2.62. The second-order valence-electron chi connectivity index (χ2n) is 1.89. The van der Waals surface area contributed by atoms with E-state index in [4.69, 9.17) is 0 Å². The van der Waals surface area contributed by atoms with Crippen molar-refractivity contribution < 1.29 is 4.79 Å². The molecule has 0 amide bonds. The third-order valence-corrected chi connectivity index (χ3v) is 1.22. The zero-order valence-corrected chi connectivity index (χ0v) is 6.85. The van der Waals surface area contributed by atoms with Crippen molar-refractivity contribution in [2.45, 2.75) is 27.2 Å². The molecule has 0 aromatic rings. The van der Waals surface area contributed by atoms with Crippen LogP contribution in [0.25, 0.3) is 0 Å². The first-order chi connectivity index (χ1) is 4.80. The Morgan fingerprint density at radius 2 is 2.00 bits per heavy atom. The Morgan fingerprint density at radius 1 is 1.40 bits per heavy atom. The van der Waals surface area contributed by atoms with E-state index in [1.54, 1.807) is 6.08 Å². The van der Waals surface area contributed by atoms with Crippen LogP contribution in [0.2, 0.25) is 0 Å². The molecule has 1 heteroatoms. The van der Waals surface area contributed by atoms with Crippen LogP contribution < -0.4 is 0 Å². The maximum atomic E-state index is 10.6. The van der Waals surface area contributed by atoms with Gasteiger partial charge in [-0.1, -0.05) is 26.0 Å². The largest absolute Gasteiger partial charge is 0.290 e. The molecule has 1 aliphatic rings. The molecule has 0 atom stereocenters. The van der Waals surface area contributed by atoms with Crippen LogP contribution in [0.1, 0.15) is 27.2 Å². The highest BCUT2D eigenvalue weighted by Crippen LogP contribution is 2.04. The van der Waals surface area contributed by atoms with Gasteiger partial charge in [0.05, 0.1) is 0 Å². The molecule has 0 aromatic carbocycles. The molecule has 0 bridgehead atoms. The molecule has 0 spiro atoms. The van der Waals surface area contributed by atoms with E-state index in [1.807, 2.05) is 32.9 Å². The quantitative estimate of drug-likeness (QED) is 0.502. The monoisotopic (exact) mass is 138 g/mol. The average Bonchev–Trinajstić information content (AvgIpc) is 2.00. The van der Waals surface area contributed by atoms with Crippen molar-refractivity contribution in [3.63, 3.8) is 0 Å². The number of ketones is 1. The smallest absolute Gasteiger partial charge is 0.180 e. The van der Waals surface area contributed by atoms with Crippen LogP contribution in [-0.2, 0) is 4.79 Å². The zero-order chi connectivity index (χ0) is 7.98. The molecule has 0 radical (unpaired) electrons. The molecule has 0 aromatic heterocycles. The van der Waals surface area contributed by atoms with Crippen LogP contribution in [0, 0.1) is 0 Å². The summed E-state index contributed by atoms with van der Waals surface area (Å²) in [6, 6.07) is 0. The molecule has 10 heavy (non-hydrogen) atoms. The van der Waals surface area contributed by atoms with Gasteiger partial charge in [-0.05, 0) is 25.0 Å². The van der Waals surface area contributed by atoms with Crippen LogP contribution in [-0.4, -0.2) is 5.78 Å². The van der Waals surface area contributed by atoms with Crippen LogP contribution in [0.3, 0.4) is 0 Å². The standard InChI is InChI=1S/C7H8O.C2H6/c1-6-4-2-3-5-7(6)8;1-2/h3-5H,2H2,1H3;1-2H3. The first-order valence-corrected chi connectivity index (χ1v) is 3.68. The van der Waals surface area contributed by atoms with Gasteiger partial charge in [0.1, 0.15) is 0 Å². The van der Waals surface area contributed by atoms with Gasteiger partial charge in [0, 0.05) is 0 Å². The van der Waals surface area contributed by atoms with Gasteiger partial charge in [-0.3, -0.25) is 4.79 Å². The van der Waals surface area contributed by atoms with Crippen molar-refractivity contribution in [2.75, 3.05) is 0 Å². The van der Waals surface area contributed by atoms with E-state index in [9.17, 15) is 4.79 Å². The second-order valence-corrected chi connectivity index (χ2v) is 1.89. The second kappa shape index (κ2) is 4.98. The van der Waals surface area contributed by atoms with Crippen molar-refractivity contribution in [1.82, 2.24) is 0 Å². The third-order valence-electron chi connectivity index (χ3n) is 1.22. The SMILES string of the molecule is CC.CC1=CCC=CC1=O. The first kappa shape index (κ1) is 9.15. The Bertz CT molecular complexity index is 164. The fourth-order valence-corrected chi connectivity index (χ4v) is 0.652. The summed E-state index contributed by atoms with van der Waals surface area (Å²) in [5.74, 6) is 0.149. The van der Waals surface area contributed by atoms with E-state index < -0.39 is 0 Å². The maximum Gasteiger partial charge on any atom is 0.180 e. The Kier molecular flexibility index (Phi) is 4.55. The summed E-state index contributed by atoms with van der Waals surface area (Å²) in [7, 11) is 0. The summed E-state index contributed by atoms with van der Waals surface area (Å²) >= 11 is 0. The van der Waals surface area contributed by atoms with Gasteiger partial charge in [-0.2, -0.15) is 0 Å². The fraction of sp³-hybridized carbons (Fsp3) is 0.444. The fourth-order valence-electron chi connectivity index (χ4n) is 0.652. The highest BCUT2D eigenvalue weighted by atomic mass is 16.1. The topological polar surface area (TPSA) is 17.1 Å². The predicted octanol–water partition coefficient (Wildman–Crippen LogP) is 2.49. The molecular weight excluding hydrogens is 124 g/mol. The van der Waals surface area contributed by atoms with Gasteiger partial charge in [-0.25, -0.2) is 0 Å². The molecule has 0 aliphatic heterocycles. The van der Waals surface area contributed by atoms with Crippen LogP contribution in [0.5, 0.6) is 0 Å². The number of carbonyl (C=O) groups is 1. The lowest BCUT2D eigenvalue weighted by Crippen LogP contribution is -1.96. The molecule has 1 rings (SSSR count). The summed E-state index contributed by atoms with van der Waals surface area (Å²) < 4.78 is 0. The number of rotatable bonds is 0. The normalized spacial score (nSPS) is 15.5. The van der Waals surface area contributed by atoms with Gasteiger partial charge in [0.2, 0.25) is 0 Å². The summed E-state index contributed by atoms with van der Waals surface area (Å²) in [6.07, 6.45) is 6.34. The van der Waals surface area contributed by atoms with Crippen molar-refractivity contribution in [3.8, 4) is 0 Å². The Hall–Kier alpha value is -0.850. The molecule has 0 heterocycles. The number of carbonyl (C=O) groups excluding carboxylic acids is 1. The Labute approximate surface area is 62.4 Å². The first-order valence-electron chi connectivity index (χ1n) is 3.68. The molecule has 1 nitrogen and oxygen atoms in total. The lowest BCUT2D eigenvalue weighted by atomic mass is 10.1. The lowest BCUT2D eigenvalue weighted by Gasteiger charge is -1.97. The molecule has 0 N–H and O–H groups in total. The van der Waals surface area contributed by atoms with Gasteiger partial charge in [0.25, 0.3) is 0 Å². The zero-order valence-electron chi connectivity index (χ0n) is 6.85. The minimum Gasteiger partial charge on any atom is -0.290 e. The minimum absolute atomic E-state index is 0.149. The van der Waals surface area contributed by atoms with Crippen LogP contribution in [0.4, 0.5) is 0 Å². The molecule has 56 valence electrons. The number of hydrogen-bond donors (Lipinski definition) is 0. The van der Waals surface area contributed by atoms with Gasteiger partial charge >= 0.3 is 0 Å². The average molecular weight is 138 g/mol. The van der Waals surface area contributed by atoms with Gasteiger partial charge in [-0.15, -0.1) is 0 Å². The van der Waals surface area contributed by atoms with Gasteiger partial charge < -0.3 is 0 Å².